The van der Waals surface area contributed by atoms with E-state index in [4.69, 9.17) is 16.6 Å². The molecule has 1 unspecified atom stereocenters. The Morgan fingerprint density at radius 2 is 1.65 bits per heavy atom. The molecule has 2 aliphatic heterocycles. The molecule has 2 aliphatic rings. The summed E-state index contributed by atoms with van der Waals surface area (Å²) in [5.41, 5.74) is 8.48. The van der Waals surface area contributed by atoms with Crippen molar-refractivity contribution in [1.82, 2.24) is 0 Å². The molecule has 0 amide bonds. The summed E-state index contributed by atoms with van der Waals surface area (Å²) in [7, 11) is 4.13. The number of anilines is 3. The molecule has 0 saturated carbocycles. The highest BCUT2D eigenvalue weighted by atomic mass is 35.5. The van der Waals surface area contributed by atoms with Gasteiger partial charge in [-0.1, -0.05) is 60.1 Å². The van der Waals surface area contributed by atoms with Crippen molar-refractivity contribution in [2.75, 3.05) is 29.3 Å². The molecule has 40 heavy (non-hydrogen) atoms. The zero-order chi connectivity index (χ0) is 27.6. The summed E-state index contributed by atoms with van der Waals surface area (Å²) in [4.78, 5) is 8.31. The maximum absolute atomic E-state index is 6.47. The summed E-state index contributed by atoms with van der Waals surface area (Å²) in [5.74, 6) is 0.858. The Bertz CT molecular complexity index is 1620. The predicted octanol–water partition coefficient (Wildman–Crippen LogP) is 9.02. The van der Waals surface area contributed by atoms with Gasteiger partial charge in [0.05, 0.1) is 27.3 Å². The molecule has 0 aliphatic carbocycles. The molecule has 4 aromatic rings. The van der Waals surface area contributed by atoms with Crippen LogP contribution < -0.4 is 15.2 Å². The molecule has 0 fully saturated rings. The molecular formula is C33H30ClN5S. The summed E-state index contributed by atoms with van der Waals surface area (Å²) in [6.45, 7) is 2.01. The van der Waals surface area contributed by atoms with E-state index in [2.05, 4.69) is 108 Å². The molecule has 1 N–H and O–H groups in total. The van der Waals surface area contributed by atoms with Crippen LogP contribution in [0.15, 0.2) is 118 Å². The van der Waals surface area contributed by atoms with Crippen molar-refractivity contribution in [3.63, 3.8) is 0 Å². The van der Waals surface area contributed by atoms with Gasteiger partial charge in [0.25, 0.3) is 0 Å². The van der Waals surface area contributed by atoms with Crippen LogP contribution >= 0.6 is 23.4 Å². The monoisotopic (exact) mass is 563 g/mol. The number of hydrogen-bond donors (Lipinski definition) is 1. The number of hydrogen-bond acceptors (Lipinski definition) is 5. The van der Waals surface area contributed by atoms with Crippen molar-refractivity contribution < 1.29 is 0 Å². The van der Waals surface area contributed by atoms with Crippen molar-refractivity contribution in [2.45, 2.75) is 23.5 Å². The largest absolute Gasteiger partial charge is 0.378 e. The smallest absolute Gasteiger partial charge is 0.136 e. The molecular weight excluding hydrogens is 534 g/mol. The Morgan fingerprint density at radius 1 is 0.925 bits per heavy atom. The van der Waals surface area contributed by atoms with Gasteiger partial charge in [0.2, 0.25) is 0 Å². The van der Waals surface area contributed by atoms with E-state index in [1.165, 1.54) is 16.1 Å². The van der Waals surface area contributed by atoms with Gasteiger partial charge in [-0.25, -0.2) is 10.0 Å². The highest BCUT2D eigenvalue weighted by Crippen LogP contribution is 2.45. The van der Waals surface area contributed by atoms with Crippen LogP contribution in [0.3, 0.4) is 0 Å². The molecule has 200 valence electrons. The van der Waals surface area contributed by atoms with Crippen LogP contribution in [0, 0.1) is 0 Å². The summed E-state index contributed by atoms with van der Waals surface area (Å²) in [6, 6.07) is 33.4. The predicted molar refractivity (Wildman–Crippen MR) is 173 cm³/mol. The molecule has 7 heteroatoms. The van der Waals surface area contributed by atoms with Crippen LogP contribution in [0.5, 0.6) is 0 Å². The minimum atomic E-state index is 0.171. The average molecular weight is 564 g/mol. The fourth-order valence-electron chi connectivity index (χ4n) is 4.81. The first-order valence-corrected chi connectivity index (χ1v) is 14.5. The molecule has 5 nitrogen and oxygen atoms in total. The number of benzene rings is 4. The second kappa shape index (κ2) is 11.2. The molecule has 4 aromatic carbocycles. The second-order valence-electron chi connectivity index (χ2n) is 10.1. The summed E-state index contributed by atoms with van der Waals surface area (Å²) in [6.07, 6.45) is 3.01. The number of thioether (sulfide) groups is 1. The van der Waals surface area contributed by atoms with E-state index in [1.54, 1.807) is 0 Å². The van der Waals surface area contributed by atoms with Gasteiger partial charge in [-0.3, -0.25) is 0 Å². The lowest BCUT2D eigenvalue weighted by Crippen LogP contribution is -2.20. The highest BCUT2D eigenvalue weighted by molar-refractivity contribution is 7.99. The first-order valence-electron chi connectivity index (χ1n) is 13.2. The number of hydrazone groups is 1. The van der Waals surface area contributed by atoms with Crippen LogP contribution in [0.4, 0.5) is 22.7 Å². The van der Waals surface area contributed by atoms with Crippen LogP contribution in [0.1, 0.15) is 29.7 Å². The number of halogens is 1. The molecule has 0 aromatic heterocycles. The minimum Gasteiger partial charge on any atom is -0.378 e. The van der Waals surface area contributed by atoms with Crippen LogP contribution in [-0.4, -0.2) is 25.6 Å². The lowest BCUT2D eigenvalue weighted by molar-refractivity contribution is 1.12. The van der Waals surface area contributed by atoms with Crippen LogP contribution in [0.25, 0.3) is 5.70 Å². The Morgan fingerprint density at radius 3 is 2.40 bits per heavy atom. The van der Waals surface area contributed by atoms with Gasteiger partial charge < -0.3 is 10.2 Å². The van der Waals surface area contributed by atoms with Crippen LogP contribution in [-0.2, 0) is 0 Å². The van der Waals surface area contributed by atoms with Crippen molar-refractivity contribution >= 4 is 63.4 Å². The molecule has 0 spiro atoms. The first kappa shape index (κ1) is 26.2. The van der Waals surface area contributed by atoms with Crippen molar-refractivity contribution in [3.05, 3.63) is 119 Å². The molecule has 1 atom stereocenters. The van der Waals surface area contributed by atoms with Gasteiger partial charge in [-0.15, -0.1) is 11.8 Å². The quantitative estimate of drug-likeness (QED) is 0.263. The van der Waals surface area contributed by atoms with E-state index in [0.29, 0.717) is 11.4 Å². The van der Waals surface area contributed by atoms with Crippen molar-refractivity contribution in [1.29, 1.82) is 0 Å². The maximum Gasteiger partial charge on any atom is 0.136 e. The van der Waals surface area contributed by atoms with Gasteiger partial charge in [0, 0.05) is 42.5 Å². The van der Waals surface area contributed by atoms with Gasteiger partial charge in [-0.2, -0.15) is 5.10 Å². The minimum absolute atomic E-state index is 0.171. The van der Waals surface area contributed by atoms with Crippen molar-refractivity contribution in [3.8, 4) is 0 Å². The number of rotatable bonds is 5. The van der Waals surface area contributed by atoms with Gasteiger partial charge in [0.15, 0.2) is 0 Å². The number of para-hydroxylation sites is 2. The second-order valence-corrected chi connectivity index (χ2v) is 11.7. The molecule has 0 bridgehead atoms. The average Bonchev–Trinajstić information content (AvgIpc) is 3.20. The number of fused-ring (bicyclic) bond motifs is 1. The first-order chi connectivity index (χ1) is 19.4. The summed E-state index contributed by atoms with van der Waals surface area (Å²) in [5, 5.41) is 11.0. The zero-order valence-corrected chi connectivity index (χ0v) is 24.2. The molecule has 6 rings (SSSR count). The standard InChI is InChI=1S/C33H30ClN5S/c1-22-20-33(39(37-22)30-10-6-4-8-27(30)34)35-25-16-12-23(13-17-25)29-21-32(24-14-18-26(19-15-24)38(2)3)40-31-11-7-5-9-28(31)36-29/h4-19,21,32,36H,20H2,1-3H3. The van der Waals surface area contributed by atoms with E-state index >= 15 is 0 Å². The topological polar surface area (TPSA) is 43.2 Å². The van der Waals surface area contributed by atoms with Gasteiger partial charge in [-0.05, 0) is 72.7 Å². The number of amidine groups is 1. The van der Waals surface area contributed by atoms with E-state index in [9.17, 15) is 0 Å². The molecule has 2 heterocycles. The van der Waals surface area contributed by atoms with Crippen LogP contribution in [0.2, 0.25) is 5.02 Å². The number of aliphatic imine (C=N–C) groups is 1. The Balaban J connectivity index is 1.31. The van der Waals surface area contributed by atoms with E-state index in [1.807, 2.05) is 48.0 Å². The third-order valence-electron chi connectivity index (χ3n) is 6.91. The maximum atomic E-state index is 6.47. The van der Waals surface area contributed by atoms with Gasteiger partial charge >= 0.3 is 0 Å². The van der Waals surface area contributed by atoms with E-state index in [-0.39, 0.29) is 5.25 Å². The van der Waals surface area contributed by atoms with E-state index in [0.717, 1.165) is 39.9 Å². The van der Waals surface area contributed by atoms with E-state index < -0.39 is 0 Å². The van der Waals surface area contributed by atoms with Crippen molar-refractivity contribution in [2.24, 2.45) is 10.1 Å². The Labute approximate surface area is 244 Å². The summed E-state index contributed by atoms with van der Waals surface area (Å²) >= 11 is 8.34. The lowest BCUT2D eigenvalue weighted by Gasteiger charge is -2.17. The highest BCUT2D eigenvalue weighted by Gasteiger charge is 2.23. The number of nitrogens with zero attached hydrogens (tertiary/aromatic N) is 4. The lowest BCUT2D eigenvalue weighted by atomic mass is 10.1. The third kappa shape index (κ3) is 5.51. The fourth-order valence-corrected chi connectivity index (χ4v) is 6.20. The Hall–Kier alpha value is -4.00. The summed E-state index contributed by atoms with van der Waals surface area (Å²) < 4.78 is 0. The number of nitrogens with one attached hydrogen (secondary N) is 1. The molecule has 0 radical (unpaired) electrons. The SMILES string of the molecule is CC1=NN(c2ccccc2Cl)C(=Nc2ccc(C3=CC(c4ccc(N(C)C)cc4)Sc4ccccc4N3)cc2)C1. The van der Waals surface area contributed by atoms with Gasteiger partial charge in [0.1, 0.15) is 5.84 Å². The normalized spacial score (nSPS) is 17.6. The fraction of sp³-hybridized carbons (Fsp3) is 0.152. The Kier molecular flexibility index (Phi) is 7.37. The zero-order valence-electron chi connectivity index (χ0n) is 22.7. The molecule has 0 saturated heterocycles. The third-order valence-corrected chi connectivity index (χ3v) is 8.50.